The largest absolute Gasteiger partial charge is 0.493 e. The Kier molecular flexibility index (Phi) is 7.23. The molecule has 6 nitrogen and oxygen atoms in total. The zero-order chi connectivity index (χ0) is 23.4. The highest BCUT2D eigenvalue weighted by Crippen LogP contribution is 2.36. The zero-order valence-corrected chi connectivity index (χ0v) is 20.1. The Labute approximate surface area is 205 Å². The Bertz CT molecular complexity index is 1260. The van der Waals surface area contributed by atoms with Crippen LogP contribution in [0.25, 0.3) is 6.08 Å². The van der Waals surface area contributed by atoms with Crippen molar-refractivity contribution in [3.05, 3.63) is 87.0 Å². The first kappa shape index (κ1) is 23.2. The summed E-state index contributed by atoms with van der Waals surface area (Å²) in [5, 5.41) is 1.44. The fraction of sp³-hybridized carbons (Fsp3) is 0.125. The molecule has 0 N–H and O–H groups in total. The summed E-state index contributed by atoms with van der Waals surface area (Å²) in [5.74, 6) is 0.976. The van der Waals surface area contributed by atoms with Gasteiger partial charge in [0.1, 0.15) is 12.3 Å². The quantitative estimate of drug-likeness (QED) is 0.298. The van der Waals surface area contributed by atoms with Gasteiger partial charge in [0, 0.05) is 23.8 Å². The number of amides is 1. The topological polar surface area (TPSA) is 64.0 Å². The van der Waals surface area contributed by atoms with Crippen LogP contribution in [0.5, 0.6) is 11.5 Å². The van der Waals surface area contributed by atoms with Gasteiger partial charge < -0.3 is 9.47 Å². The number of aliphatic imine (C=N–C) groups is 1. The summed E-state index contributed by atoms with van der Waals surface area (Å²) in [6.07, 6.45) is 3.38. The van der Waals surface area contributed by atoms with E-state index in [1.54, 1.807) is 44.6 Å². The minimum atomic E-state index is -0.156. The Morgan fingerprint density at radius 1 is 1.12 bits per heavy atom. The zero-order valence-electron chi connectivity index (χ0n) is 17.8. The maximum absolute atomic E-state index is 12.7. The van der Waals surface area contributed by atoms with Crippen LogP contribution in [0.4, 0.5) is 5.69 Å². The molecule has 0 unspecified atom stereocenters. The number of aromatic nitrogens is 1. The minimum Gasteiger partial charge on any atom is -0.493 e. The van der Waals surface area contributed by atoms with Crippen molar-refractivity contribution >= 4 is 57.8 Å². The summed E-state index contributed by atoms with van der Waals surface area (Å²) < 4.78 is 11.4. The van der Waals surface area contributed by atoms with E-state index >= 15 is 0 Å². The number of thioether (sulfide) groups is 1. The second-order valence-corrected chi connectivity index (χ2v) is 8.75. The van der Waals surface area contributed by atoms with Crippen molar-refractivity contribution in [1.82, 2.24) is 9.88 Å². The van der Waals surface area contributed by atoms with Crippen molar-refractivity contribution in [3.63, 3.8) is 0 Å². The number of pyridine rings is 1. The van der Waals surface area contributed by atoms with Crippen molar-refractivity contribution in [2.24, 2.45) is 4.99 Å². The highest BCUT2D eigenvalue weighted by atomic mass is 35.5. The van der Waals surface area contributed by atoms with Crippen molar-refractivity contribution in [2.45, 2.75) is 6.61 Å². The van der Waals surface area contributed by atoms with Gasteiger partial charge in [-0.2, -0.15) is 0 Å². The van der Waals surface area contributed by atoms with E-state index in [0.717, 1.165) is 11.1 Å². The fourth-order valence-corrected chi connectivity index (χ4v) is 4.36. The average Bonchev–Trinajstić information content (AvgIpc) is 3.08. The third kappa shape index (κ3) is 5.33. The number of nitrogens with zero attached hydrogens (tertiary/aromatic N) is 3. The van der Waals surface area contributed by atoms with Crippen LogP contribution < -0.4 is 9.47 Å². The first-order valence-corrected chi connectivity index (χ1v) is 11.4. The molecule has 1 aliphatic rings. The lowest BCUT2D eigenvalue weighted by atomic mass is 10.2. The molecule has 168 valence electrons. The lowest BCUT2D eigenvalue weighted by Crippen LogP contribution is -2.23. The second-order valence-electron chi connectivity index (χ2n) is 6.97. The number of amidine groups is 1. The summed E-state index contributed by atoms with van der Waals surface area (Å²) in [7, 11) is 3.24. The highest BCUT2D eigenvalue weighted by Gasteiger charge is 2.30. The van der Waals surface area contributed by atoms with Gasteiger partial charge in [-0.25, -0.2) is 9.98 Å². The smallest absolute Gasteiger partial charge is 0.266 e. The number of benzene rings is 2. The first-order chi connectivity index (χ1) is 16.0. The van der Waals surface area contributed by atoms with Crippen LogP contribution in [0.1, 0.15) is 11.1 Å². The second kappa shape index (κ2) is 10.3. The molecule has 2 aromatic carbocycles. The number of rotatable bonds is 6. The minimum absolute atomic E-state index is 0.156. The van der Waals surface area contributed by atoms with Gasteiger partial charge in [-0.3, -0.25) is 9.69 Å². The summed E-state index contributed by atoms with van der Waals surface area (Å²) in [5.41, 5.74) is 2.18. The first-order valence-electron chi connectivity index (χ1n) is 9.87. The van der Waals surface area contributed by atoms with Crippen LogP contribution in [0, 0.1) is 0 Å². The molecule has 1 aliphatic heterocycles. The van der Waals surface area contributed by atoms with E-state index in [2.05, 4.69) is 9.98 Å². The number of carbonyl (C=O) groups is 1. The number of methoxy groups -OCH3 is 1. The maximum Gasteiger partial charge on any atom is 0.266 e. The van der Waals surface area contributed by atoms with Crippen molar-refractivity contribution < 1.29 is 14.3 Å². The van der Waals surface area contributed by atoms with Gasteiger partial charge in [-0.1, -0.05) is 47.5 Å². The number of hydrogen-bond donors (Lipinski definition) is 0. The normalized spacial score (nSPS) is 16.0. The molecule has 9 heteroatoms. The number of carbonyl (C=O) groups excluding carboxylic acids is 1. The number of likely N-dealkylation sites (N-methyl/N-ethyl adjacent to an activating group) is 1. The third-order valence-electron chi connectivity index (χ3n) is 4.79. The van der Waals surface area contributed by atoms with E-state index in [0.29, 0.717) is 38.9 Å². The van der Waals surface area contributed by atoms with E-state index in [4.69, 9.17) is 32.7 Å². The van der Waals surface area contributed by atoms with Gasteiger partial charge >= 0.3 is 0 Å². The van der Waals surface area contributed by atoms with Crippen molar-refractivity contribution in [3.8, 4) is 11.5 Å². The van der Waals surface area contributed by atoms with Gasteiger partial charge in [0.2, 0.25) is 0 Å². The Morgan fingerprint density at radius 2 is 1.94 bits per heavy atom. The molecule has 1 saturated heterocycles. The molecule has 0 spiro atoms. The van der Waals surface area contributed by atoms with E-state index in [9.17, 15) is 4.79 Å². The molecule has 1 fully saturated rings. The average molecular weight is 500 g/mol. The van der Waals surface area contributed by atoms with Gasteiger partial charge in [0.05, 0.1) is 12.0 Å². The van der Waals surface area contributed by atoms with Crippen LogP contribution in [0.3, 0.4) is 0 Å². The SMILES string of the molecule is COc1cc(/C=C2\SC(=Nc3cccnc3Cl)N(C)C2=O)ccc1OCc1ccccc1Cl. The van der Waals surface area contributed by atoms with E-state index in [-0.39, 0.29) is 11.1 Å². The molecule has 0 radical (unpaired) electrons. The summed E-state index contributed by atoms with van der Waals surface area (Å²) >= 11 is 13.6. The van der Waals surface area contributed by atoms with Gasteiger partial charge in [-0.15, -0.1) is 0 Å². The van der Waals surface area contributed by atoms with E-state index < -0.39 is 0 Å². The molecule has 0 aliphatic carbocycles. The molecule has 4 rings (SSSR count). The van der Waals surface area contributed by atoms with E-state index in [1.165, 1.54) is 16.7 Å². The van der Waals surface area contributed by atoms with Crippen LogP contribution in [0.15, 0.2) is 70.7 Å². The molecule has 3 aromatic rings. The lowest BCUT2D eigenvalue weighted by molar-refractivity contribution is -0.121. The molecule has 0 saturated carbocycles. The molecule has 0 atom stereocenters. The molecule has 2 heterocycles. The standard InChI is InChI=1S/C24H19Cl2N3O3S/c1-29-23(30)21(33-24(29)28-18-8-5-11-27-22(18)26)13-15-9-10-19(20(12-15)31-2)32-14-16-6-3-4-7-17(16)25/h3-13H,14H2,1-2H3/b21-13-,28-24?. The summed E-state index contributed by atoms with van der Waals surface area (Å²) in [6.45, 7) is 0.312. The number of ether oxygens (including phenoxy) is 2. The number of hydrogen-bond acceptors (Lipinski definition) is 6. The molecule has 1 amide bonds. The maximum atomic E-state index is 12.7. The van der Waals surface area contributed by atoms with Crippen LogP contribution in [-0.2, 0) is 11.4 Å². The molecular weight excluding hydrogens is 481 g/mol. The summed E-state index contributed by atoms with van der Waals surface area (Å²) in [4.78, 5) is 23.3. The van der Waals surface area contributed by atoms with Crippen molar-refractivity contribution in [2.75, 3.05) is 14.2 Å². The lowest BCUT2D eigenvalue weighted by Gasteiger charge is -2.12. The van der Waals surface area contributed by atoms with Gasteiger partial charge in [-0.05, 0) is 53.7 Å². The fourth-order valence-electron chi connectivity index (χ4n) is 3.03. The van der Waals surface area contributed by atoms with E-state index in [1.807, 2.05) is 36.4 Å². The highest BCUT2D eigenvalue weighted by molar-refractivity contribution is 8.18. The molecular formula is C24H19Cl2N3O3S. The third-order valence-corrected chi connectivity index (χ3v) is 6.51. The van der Waals surface area contributed by atoms with Crippen LogP contribution in [0.2, 0.25) is 10.2 Å². The number of halogens is 2. The van der Waals surface area contributed by atoms with Crippen LogP contribution in [-0.4, -0.2) is 35.1 Å². The Hall–Kier alpha value is -3.00. The Balaban J connectivity index is 1.54. The Morgan fingerprint density at radius 3 is 2.70 bits per heavy atom. The molecule has 0 bridgehead atoms. The molecule has 1 aromatic heterocycles. The van der Waals surface area contributed by atoms with Crippen LogP contribution >= 0.6 is 35.0 Å². The van der Waals surface area contributed by atoms with Gasteiger partial charge in [0.25, 0.3) is 5.91 Å². The molecule has 33 heavy (non-hydrogen) atoms. The monoisotopic (exact) mass is 499 g/mol. The van der Waals surface area contributed by atoms with Crippen molar-refractivity contribution in [1.29, 1.82) is 0 Å². The summed E-state index contributed by atoms with van der Waals surface area (Å²) in [6, 6.07) is 16.5. The van der Waals surface area contributed by atoms with Gasteiger partial charge in [0.15, 0.2) is 21.8 Å². The predicted octanol–water partition coefficient (Wildman–Crippen LogP) is 6.21. The predicted molar refractivity (Wildman–Crippen MR) is 133 cm³/mol.